The number of nitrogen functional groups attached to an aromatic ring is 1. The molecule has 5 rings (SSSR count). The SMILES string of the molecule is CCc1c(-c2ccc(OC3CCC(C4CCCC4)CC3)nc2)cnc(N)c1-c1ccc(O)cc1. The molecule has 0 bridgehead atoms. The summed E-state index contributed by atoms with van der Waals surface area (Å²) in [7, 11) is 0. The number of phenolic OH excluding ortho intramolecular Hbond substituents is 1. The van der Waals surface area contributed by atoms with Gasteiger partial charge in [-0.3, -0.25) is 0 Å². The fraction of sp³-hybridized carbons (Fsp3) is 0.448. The first-order valence-electron chi connectivity index (χ1n) is 12.8. The van der Waals surface area contributed by atoms with E-state index >= 15 is 0 Å². The number of pyridine rings is 2. The van der Waals surface area contributed by atoms with E-state index in [-0.39, 0.29) is 11.9 Å². The number of aromatic hydroxyl groups is 1. The molecule has 2 fully saturated rings. The number of ether oxygens (including phenoxy) is 1. The van der Waals surface area contributed by atoms with Crippen molar-refractivity contribution in [3.8, 4) is 33.9 Å². The molecule has 2 aromatic heterocycles. The Morgan fingerprint density at radius 3 is 2.18 bits per heavy atom. The maximum atomic E-state index is 9.67. The maximum Gasteiger partial charge on any atom is 0.213 e. The highest BCUT2D eigenvalue weighted by molar-refractivity contribution is 5.84. The van der Waals surface area contributed by atoms with Gasteiger partial charge in [0.2, 0.25) is 5.88 Å². The van der Waals surface area contributed by atoms with Crippen LogP contribution in [-0.4, -0.2) is 21.2 Å². The summed E-state index contributed by atoms with van der Waals surface area (Å²) >= 11 is 0. The Bertz CT molecular complexity index is 1100. The van der Waals surface area contributed by atoms with Gasteiger partial charge in [0.25, 0.3) is 0 Å². The third kappa shape index (κ3) is 4.75. The summed E-state index contributed by atoms with van der Waals surface area (Å²) in [5, 5.41) is 9.67. The molecular formula is C29H35N3O2. The van der Waals surface area contributed by atoms with E-state index in [4.69, 9.17) is 10.5 Å². The first-order chi connectivity index (χ1) is 16.6. The van der Waals surface area contributed by atoms with Gasteiger partial charge in [0.15, 0.2) is 0 Å². The number of aromatic nitrogens is 2. The predicted molar refractivity (Wildman–Crippen MR) is 137 cm³/mol. The lowest BCUT2D eigenvalue weighted by atomic mass is 9.78. The van der Waals surface area contributed by atoms with E-state index in [9.17, 15) is 5.11 Å². The standard InChI is InChI=1S/C29H35N3O2/c1-2-25-26(18-32-29(30)28(25)21-7-12-23(33)13-8-21)22-11-16-27(31-17-22)34-24-14-9-20(10-15-24)19-5-3-4-6-19/h7-8,11-13,16-20,24,33H,2-6,9-10,14-15H2,1H3,(H2,30,32). The van der Waals surface area contributed by atoms with E-state index in [2.05, 4.69) is 23.0 Å². The Balaban J connectivity index is 1.31. The van der Waals surface area contributed by atoms with Crippen LogP contribution >= 0.6 is 0 Å². The average molecular weight is 458 g/mol. The summed E-state index contributed by atoms with van der Waals surface area (Å²) in [6, 6.07) is 11.2. The van der Waals surface area contributed by atoms with Crippen molar-refractivity contribution in [3.05, 3.63) is 54.4 Å². The second kappa shape index (κ2) is 10.0. The molecule has 0 amide bonds. The van der Waals surface area contributed by atoms with Crippen LogP contribution in [0.25, 0.3) is 22.3 Å². The van der Waals surface area contributed by atoms with E-state index < -0.39 is 0 Å². The van der Waals surface area contributed by atoms with E-state index in [1.165, 1.54) is 38.5 Å². The van der Waals surface area contributed by atoms with E-state index in [1.807, 2.05) is 30.6 Å². The van der Waals surface area contributed by atoms with Crippen LogP contribution in [0.3, 0.4) is 0 Å². The molecule has 0 radical (unpaired) electrons. The topological polar surface area (TPSA) is 81.3 Å². The summed E-state index contributed by atoms with van der Waals surface area (Å²) in [5.74, 6) is 3.30. The van der Waals surface area contributed by atoms with Crippen LogP contribution in [0.1, 0.15) is 63.9 Å². The van der Waals surface area contributed by atoms with E-state index in [0.717, 1.165) is 58.9 Å². The lowest BCUT2D eigenvalue weighted by molar-refractivity contribution is 0.107. The second-order valence-corrected chi connectivity index (χ2v) is 9.90. The fourth-order valence-corrected chi connectivity index (χ4v) is 6.02. The van der Waals surface area contributed by atoms with Gasteiger partial charge in [-0.2, -0.15) is 0 Å². The molecule has 5 heteroatoms. The number of rotatable bonds is 6. The zero-order chi connectivity index (χ0) is 23.5. The number of nitrogens with two attached hydrogens (primary N) is 1. The largest absolute Gasteiger partial charge is 0.508 e. The monoisotopic (exact) mass is 457 g/mol. The van der Waals surface area contributed by atoms with Gasteiger partial charge >= 0.3 is 0 Å². The van der Waals surface area contributed by atoms with Crippen molar-refractivity contribution in [3.63, 3.8) is 0 Å². The van der Waals surface area contributed by atoms with E-state index in [1.54, 1.807) is 12.1 Å². The minimum absolute atomic E-state index is 0.233. The predicted octanol–water partition coefficient (Wildman–Crippen LogP) is 6.79. The highest BCUT2D eigenvalue weighted by Gasteiger charge is 2.30. The van der Waals surface area contributed by atoms with Crippen LogP contribution in [0.4, 0.5) is 5.82 Å². The molecule has 0 aliphatic heterocycles. The molecule has 5 nitrogen and oxygen atoms in total. The normalized spacial score (nSPS) is 21.0. The molecule has 178 valence electrons. The molecule has 2 aliphatic carbocycles. The van der Waals surface area contributed by atoms with Crippen LogP contribution in [0, 0.1) is 11.8 Å². The summed E-state index contributed by atoms with van der Waals surface area (Å²) in [6.45, 7) is 2.12. The van der Waals surface area contributed by atoms with Crippen molar-refractivity contribution in [1.82, 2.24) is 9.97 Å². The van der Waals surface area contributed by atoms with Crippen LogP contribution < -0.4 is 10.5 Å². The number of anilines is 1. The number of nitrogens with zero attached hydrogens (tertiary/aromatic N) is 2. The summed E-state index contributed by atoms with van der Waals surface area (Å²) < 4.78 is 6.27. The Labute approximate surface area is 202 Å². The van der Waals surface area contributed by atoms with Crippen LogP contribution in [0.5, 0.6) is 11.6 Å². The van der Waals surface area contributed by atoms with Gasteiger partial charge in [-0.15, -0.1) is 0 Å². The van der Waals surface area contributed by atoms with Gasteiger partial charge in [-0.05, 0) is 73.3 Å². The van der Waals surface area contributed by atoms with Crippen molar-refractivity contribution in [2.75, 3.05) is 5.73 Å². The van der Waals surface area contributed by atoms with E-state index in [0.29, 0.717) is 11.7 Å². The summed E-state index contributed by atoms with van der Waals surface area (Å²) in [5.41, 5.74) is 11.3. The average Bonchev–Trinajstić information content (AvgIpc) is 3.41. The first kappa shape index (κ1) is 22.7. The van der Waals surface area contributed by atoms with Crippen molar-refractivity contribution in [2.24, 2.45) is 11.8 Å². The smallest absolute Gasteiger partial charge is 0.213 e. The number of benzene rings is 1. The number of hydrogen-bond acceptors (Lipinski definition) is 5. The Hall–Kier alpha value is -3.08. The number of hydrogen-bond donors (Lipinski definition) is 2. The van der Waals surface area contributed by atoms with Gasteiger partial charge in [0.1, 0.15) is 17.7 Å². The van der Waals surface area contributed by atoms with Gasteiger partial charge in [0.05, 0.1) is 0 Å². The molecule has 0 saturated heterocycles. The molecule has 3 N–H and O–H groups in total. The van der Waals surface area contributed by atoms with Crippen LogP contribution in [-0.2, 0) is 6.42 Å². The molecular weight excluding hydrogens is 422 g/mol. The Morgan fingerprint density at radius 2 is 1.53 bits per heavy atom. The third-order valence-corrected chi connectivity index (χ3v) is 7.85. The Kier molecular flexibility index (Phi) is 6.70. The van der Waals surface area contributed by atoms with Crippen molar-refractivity contribution >= 4 is 5.82 Å². The zero-order valence-electron chi connectivity index (χ0n) is 20.0. The van der Waals surface area contributed by atoms with Crippen molar-refractivity contribution in [2.45, 2.75) is 70.8 Å². The number of phenols is 1. The maximum absolute atomic E-state index is 9.67. The van der Waals surface area contributed by atoms with Gasteiger partial charge in [-0.1, -0.05) is 44.7 Å². The van der Waals surface area contributed by atoms with Crippen molar-refractivity contribution in [1.29, 1.82) is 0 Å². The molecule has 0 atom stereocenters. The molecule has 0 unspecified atom stereocenters. The highest BCUT2D eigenvalue weighted by atomic mass is 16.5. The highest BCUT2D eigenvalue weighted by Crippen LogP contribution is 2.40. The third-order valence-electron chi connectivity index (χ3n) is 7.85. The molecule has 2 heterocycles. The van der Waals surface area contributed by atoms with Gasteiger partial charge in [-0.25, -0.2) is 9.97 Å². The quantitative estimate of drug-likeness (QED) is 0.426. The zero-order valence-corrected chi connectivity index (χ0v) is 20.0. The van der Waals surface area contributed by atoms with Crippen molar-refractivity contribution < 1.29 is 9.84 Å². The molecule has 2 aliphatic rings. The van der Waals surface area contributed by atoms with Crippen LogP contribution in [0.2, 0.25) is 0 Å². The molecule has 0 spiro atoms. The lowest BCUT2D eigenvalue weighted by Gasteiger charge is -2.32. The van der Waals surface area contributed by atoms with Crippen LogP contribution in [0.15, 0.2) is 48.8 Å². The molecule has 1 aromatic carbocycles. The fourth-order valence-electron chi connectivity index (χ4n) is 6.02. The van der Waals surface area contributed by atoms with Gasteiger partial charge in [0, 0.05) is 35.2 Å². The minimum atomic E-state index is 0.233. The first-order valence-corrected chi connectivity index (χ1v) is 12.8. The minimum Gasteiger partial charge on any atom is -0.508 e. The lowest BCUT2D eigenvalue weighted by Crippen LogP contribution is -2.27. The summed E-state index contributed by atoms with van der Waals surface area (Å²) in [4.78, 5) is 9.12. The summed E-state index contributed by atoms with van der Waals surface area (Å²) in [6.07, 6.45) is 15.4. The second-order valence-electron chi connectivity index (χ2n) is 9.90. The molecule has 34 heavy (non-hydrogen) atoms. The molecule has 3 aromatic rings. The van der Waals surface area contributed by atoms with Gasteiger partial charge < -0.3 is 15.6 Å². The Morgan fingerprint density at radius 1 is 0.853 bits per heavy atom. The molecule has 2 saturated carbocycles.